The van der Waals surface area contributed by atoms with Gasteiger partial charge in [-0.25, -0.2) is 4.98 Å². The van der Waals surface area contributed by atoms with Gasteiger partial charge in [0.1, 0.15) is 17.2 Å². The zero-order valence-corrected chi connectivity index (χ0v) is 13.9. The summed E-state index contributed by atoms with van der Waals surface area (Å²) in [4.78, 5) is 20.1. The fourth-order valence-corrected chi connectivity index (χ4v) is 3.71. The number of aromatic nitrogens is 5. The first kappa shape index (κ1) is 14.6. The largest absolute Gasteiger partial charge is 0.349 e. The van der Waals surface area contributed by atoms with E-state index in [2.05, 4.69) is 30.0 Å². The molecule has 1 fully saturated rings. The number of aryl methyl sites for hydroxylation is 1. The average Bonchev–Trinajstić information content (AvgIpc) is 3.27. The Morgan fingerprint density at radius 2 is 2.12 bits per heavy atom. The lowest BCUT2D eigenvalue weighted by atomic mass is 10.1. The third-order valence-corrected chi connectivity index (χ3v) is 5.25. The number of H-pyrrole nitrogens is 1. The number of para-hydroxylation sites is 1. The molecule has 2 N–H and O–H groups in total. The number of hydrogen-bond donors (Lipinski definition) is 2. The van der Waals surface area contributed by atoms with Gasteiger partial charge >= 0.3 is 0 Å². The van der Waals surface area contributed by atoms with Crippen LogP contribution in [-0.4, -0.2) is 36.7 Å². The molecule has 2 aromatic heterocycles. The molecule has 7 heteroatoms. The van der Waals surface area contributed by atoms with Gasteiger partial charge in [-0.15, -0.1) is 10.2 Å². The summed E-state index contributed by atoms with van der Waals surface area (Å²) in [7, 11) is 0. The Bertz CT molecular complexity index is 938. The summed E-state index contributed by atoms with van der Waals surface area (Å²) in [6.07, 6.45) is 6.74. The number of hydrogen-bond acceptors (Lipinski definition) is 4. The smallest absolute Gasteiger partial charge is 0.253 e. The van der Waals surface area contributed by atoms with Crippen LogP contribution in [0.2, 0.25) is 0 Å². The number of benzene rings is 1. The monoisotopic (exact) mass is 336 g/mol. The van der Waals surface area contributed by atoms with E-state index < -0.39 is 0 Å². The van der Waals surface area contributed by atoms with Gasteiger partial charge in [-0.1, -0.05) is 6.07 Å². The summed E-state index contributed by atoms with van der Waals surface area (Å²) in [5, 5.41) is 11.9. The molecular formula is C18H20N6O. The summed E-state index contributed by atoms with van der Waals surface area (Å²) in [6, 6.07) is 5.78. The van der Waals surface area contributed by atoms with Gasteiger partial charge in [-0.3, -0.25) is 4.79 Å². The molecule has 1 atom stereocenters. The Hall–Kier alpha value is -2.70. The molecule has 0 radical (unpaired) electrons. The van der Waals surface area contributed by atoms with Crippen molar-refractivity contribution in [2.24, 2.45) is 0 Å². The van der Waals surface area contributed by atoms with Crippen molar-refractivity contribution in [2.45, 2.75) is 50.6 Å². The van der Waals surface area contributed by atoms with Crippen molar-refractivity contribution in [1.82, 2.24) is 30.0 Å². The maximum Gasteiger partial charge on any atom is 0.253 e. The molecule has 25 heavy (non-hydrogen) atoms. The fraction of sp³-hybridized carbons (Fsp3) is 0.444. The van der Waals surface area contributed by atoms with Crippen molar-refractivity contribution in [3.05, 3.63) is 41.7 Å². The van der Waals surface area contributed by atoms with Crippen LogP contribution in [0.25, 0.3) is 11.0 Å². The minimum Gasteiger partial charge on any atom is -0.349 e. The predicted octanol–water partition coefficient (Wildman–Crippen LogP) is 2.17. The molecule has 3 aromatic rings. The molecule has 0 bridgehead atoms. The topological polar surface area (TPSA) is 88.5 Å². The molecule has 1 aliphatic carbocycles. The molecule has 5 rings (SSSR count). The zero-order chi connectivity index (χ0) is 16.8. The number of imidazole rings is 1. The Labute approximate surface area is 144 Å². The van der Waals surface area contributed by atoms with Crippen LogP contribution in [-0.2, 0) is 13.0 Å². The second-order valence-electron chi connectivity index (χ2n) is 7.00. The number of aromatic amines is 1. The lowest BCUT2D eigenvalue weighted by Gasteiger charge is -2.16. The molecule has 0 saturated heterocycles. The average molecular weight is 336 g/mol. The number of nitrogens with one attached hydrogen (secondary N) is 2. The standard InChI is InChI=1S/C18H20N6O/c25-18(13-2-1-3-14-16(13)20-10-19-14)21-12-6-7-15-22-23-17(11-4-5-11)24(15)9-8-12/h1-3,10-12H,4-9H2,(H,19,20)(H,21,25). The van der Waals surface area contributed by atoms with Crippen LogP contribution in [0.1, 0.15) is 53.6 Å². The van der Waals surface area contributed by atoms with Gasteiger partial charge in [-0.05, 0) is 37.8 Å². The maximum atomic E-state index is 12.7. The van der Waals surface area contributed by atoms with Crippen LogP contribution in [0.5, 0.6) is 0 Å². The Morgan fingerprint density at radius 3 is 3.00 bits per heavy atom. The van der Waals surface area contributed by atoms with Gasteiger partial charge in [0.25, 0.3) is 5.91 Å². The van der Waals surface area contributed by atoms with E-state index in [1.54, 1.807) is 6.33 Å². The highest BCUT2D eigenvalue weighted by Gasteiger charge is 2.31. The van der Waals surface area contributed by atoms with Gasteiger partial charge in [0.05, 0.1) is 17.4 Å². The molecule has 1 aliphatic heterocycles. The number of rotatable bonds is 3. The second-order valence-corrected chi connectivity index (χ2v) is 7.00. The SMILES string of the molecule is O=C(NC1CCc2nnc(C3CC3)n2CC1)c1cccc2[nH]cnc12. The van der Waals surface area contributed by atoms with Crippen LogP contribution in [0.3, 0.4) is 0 Å². The molecule has 1 saturated carbocycles. The van der Waals surface area contributed by atoms with Crippen molar-refractivity contribution in [3.63, 3.8) is 0 Å². The van der Waals surface area contributed by atoms with Crippen LogP contribution < -0.4 is 5.32 Å². The first-order valence-corrected chi connectivity index (χ1v) is 8.94. The third-order valence-electron chi connectivity index (χ3n) is 5.25. The number of nitrogens with zero attached hydrogens (tertiary/aromatic N) is 4. The Balaban J connectivity index is 1.32. The van der Waals surface area contributed by atoms with Gasteiger partial charge in [-0.2, -0.15) is 0 Å². The molecule has 2 aliphatic rings. The van der Waals surface area contributed by atoms with Crippen LogP contribution in [0.4, 0.5) is 0 Å². The van der Waals surface area contributed by atoms with Crippen molar-refractivity contribution < 1.29 is 4.79 Å². The predicted molar refractivity (Wildman–Crippen MR) is 92.3 cm³/mol. The summed E-state index contributed by atoms with van der Waals surface area (Å²) in [5.41, 5.74) is 2.23. The molecule has 3 heterocycles. The summed E-state index contributed by atoms with van der Waals surface area (Å²) >= 11 is 0. The van der Waals surface area contributed by atoms with Crippen LogP contribution in [0.15, 0.2) is 24.5 Å². The zero-order valence-electron chi connectivity index (χ0n) is 13.9. The molecular weight excluding hydrogens is 316 g/mol. The summed E-state index contributed by atoms with van der Waals surface area (Å²) < 4.78 is 2.28. The molecule has 1 aromatic carbocycles. The minimum atomic E-state index is -0.0530. The quantitative estimate of drug-likeness (QED) is 0.767. The van der Waals surface area contributed by atoms with E-state index in [0.717, 1.165) is 48.5 Å². The lowest BCUT2D eigenvalue weighted by Crippen LogP contribution is -2.35. The second kappa shape index (κ2) is 5.68. The van der Waals surface area contributed by atoms with Crippen molar-refractivity contribution in [3.8, 4) is 0 Å². The third kappa shape index (κ3) is 2.59. The van der Waals surface area contributed by atoms with Gasteiger partial charge < -0.3 is 14.9 Å². The highest BCUT2D eigenvalue weighted by molar-refractivity contribution is 6.04. The van der Waals surface area contributed by atoms with E-state index in [0.29, 0.717) is 11.5 Å². The number of carbonyl (C=O) groups is 1. The molecule has 1 amide bonds. The van der Waals surface area contributed by atoms with E-state index in [1.807, 2.05) is 18.2 Å². The van der Waals surface area contributed by atoms with E-state index in [-0.39, 0.29) is 11.9 Å². The van der Waals surface area contributed by atoms with E-state index in [9.17, 15) is 4.79 Å². The number of amides is 1. The highest BCUT2D eigenvalue weighted by atomic mass is 16.1. The Kier molecular flexibility index (Phi) is 3.33. The summed E-state index contributed by atoms with van der Waals surface area (Å²) in [6.45, 7) is 0.881. The van der Waals surface area contributed by atoms with Gasteiger partial charge in [0, 0.05) is 24.9 Å². The molecule has 1 unspecified atom stereocenters. The lowest BCUT2D eigenvalue weighted by molar-refractivity contribution is 0.0934. The number of fused-ring (bicyclic) bond motifs is 2. The fourth-order valence-electron chi connectivity index (χ4n) is 3.71. The van der Waals surface area contributed by atoms with Gasteiger partial charge in [0.15, 0.2) is 0 Å². The van der Waals surface area contributed by atoms with Crippen LogP contribution in [0, 0.1) is 0 Å². The first-order valence-electron chi connectivity index (χ1n) is 8.94. The maximum absolute atomic E-state index is 12.7. The van der Waals surface area contributed by atoms with Gasteiger partial charge in [0.2, 0.25) is 0 Å². The van der Waals surface area contributed by atoms with E-state index in [1.165, 1.54) is 12.8 Å². The molecule has 128 valence electrons. The minimum absolute atomic E-state index is 0.0530. The molecule has 0 spiro atoms. The van der Waals surface area contributed by atoms with Crippen molar-refractivity contribution in [2.75, 3.05) is 0 Å². The summed E-state index contributed by atoms with van der Waals surface area (Å²) in [5.74, 6) is 2.75. The first-order chi connectivity index (χ1) is 12.3. The number of carbonyl (C=O) groups excluding carboxylic acids is 1. The van der Waals surface area contributed by atoms with E-state index >= 15 is 0 Å². The van der Waals surface area contributed by atoms with Crippen LogP contribution >= 0.6 is 0 Å². The van der Waals surface area contributed by atoms with Crippen molar-refractivity contribution >= 4 is 16.9 Å². The normalized spacial score (nSPS) is 20.2. The highest BCUT2D eigenvalue weighted by Crippen LogP contribution is 2.39. The van der Waals surface area contributed by atoms with E-state index in [4.69, 9.17) is 0 Å². The Morgan fingerprint density at radius 1 is 1.20 bits per heavy atom. The molecule has 7 nitrogen and oxygen atoms in total. The van der Waals surface area contributed by atoms with Crippen molar-refractivity contribution in [1.29, 1.82) is 0 Å².